The van der Waals surface area contributed by atoms with Crippen molar-refractivity contribution in [3.05, 3.63) is 28.3 Å². The van der Waals surface area contributed by atoms with Crippen LogP contribution in [0.15, 0.2) is 22.6 Å². The minimum Gasteiger partial charge on any atom is -0.395 e. The van der Waals surface area contributed by atoms with Gasteiger partial charge in [-0.2, -0.15) is 4.98 Å². The molecular weight excluding hydrogens is 479 g/mol. The average Bonchev–Trinajstić information content (AvgIpc) is 3.08. The Kier molecular flexibility index (Phi) is 12.3. The maximum absolute atomic E-state index is 11.4. The number of hydrogen-bond acceptors (Lipinski definition) is 7. The van der Waals surface area contributed by atoms with Crippen LogP contribution in [0.1, 0.15) is 13.3 Å². The molecule has 176 valence electrons. The lowest BCUT2D eigenvalue weighted by Gasteiger charge is -2.01. The van der Waals surface area contributed by atoms with Crippen LogP contribution in [0, 0.1) is 5.41 Å². The van der Waals surface area contributed by atoms with Crippen molar-refractivity contribution in [1.29, 1.82) is 0 Å². The van der Waals surface area contributed by atoms with Gasteiger partial charge in [0.2, 0.25) is 0 Å². The van der Waals surface area contributed by atoms with E-state index in [-0.39, 0.29) is 17.8 Å². The zero-order valence-corrected chi connectivity index (χ0v) is 17.7. The summed E-state index contributed by atoms with van der Waals surface area (Å²) in [5, 5.41) is 9.06. The number of aliphatic hydroxyl groups is 1. The summed E-state index contributed by atoms with van der Waals surface area (Å²) in [4.78, 5) is 79.7. The van der Waals surface area contributed by atoms with Crippen molar-refractivity contribution in [2.24, 2.45) is 5.41 Å². The van der Waals surface area contributed by atoms with Gasteiger partial charge in [-0.05, 0) is 18.1 Å². The van der Waals surface area contributed by atoms with E-state index in [0.717, 1.165) is 12.0 Å². The number of rotatable bonds is 2. The lowest BCUT2D eigenvalue weighted by Crippen LogP contribution is -2.19. The number of nitrogens with zero attached hydrogens (tertiary/aromatic N) is 2. The molecule has 1 fully saturated rings. The maximum atomic E-state index is 11.4. The molecule has 1 aromatic rings. The third-order valence-electron chi connectivity index (χ3n) is 2.73. The fraction of sp³-hybridized carbons (Fsp3) is 0.400. The smallest absolute Gasteiger partial charge is 0.395 e. The molecule has 1 atom stereocenters. The number of phosphoric acid groups is 3. The zero-order chi connectivity index (χ0) is 24.6. The van der Waals surface area contributed by atoms with Crippen molar-refractivity contribution >= 4 is 35.5 Å². The first-order chi connectivity index (χ1) is 13.0. The molecule has 1 heterocycles. The molecule has 12 N–H and O–H groups in total. The van der Waals surface area contributed by atoms with Gasteiger partial charge in [-0.25, -0.2) is 18.5 Å². The SMILES string of the molecule is C[C@]1(CO)C/C1=C/n1ccc(N)nc1=O.O=P(O)(O)O.O=P(O)(O)O.O=P(O)(O)O. The van der Waals surface area contributed by atoms with Crippen molar-refractivity contribution in [1.82, 2.24) is 9.55 Å². The highest BCUT2D eigenvalue weighted by Crippen LogP contribution is 2.51. The Balaban J connectivity index is 0. The van der Waals surface area contributed by atoms with Crippen molar-refractivity contribution in [2.45, 2.75) is 13.3 Å². The largest absolute Gasteiger partial charge is 0.466 e. The van der Waals surface area contributed by atoms with E-state index in [1.165, 1.54) is 4.57 Å². The molecular formula is C10H22N3O14P3. The average molecular weight is 501 g/mol. The highest BCUT2D eigenvalue weighted by atomic mass is 31.2. The third kappa shape index (κ3) is 23.0. The molecule has 20 heteroatoms. The van der Waals surface area contributed by atoms with Crippen LogP contribution in [0.3, 0.4) is 0 Å². The van der Waals surface area contributed by atoms with Crippen molar-refractivity contribution < 1.29 is 62.8 Å². The van der Waals surface area contributed by atoms with Gasteiger partial charge < -0.3 is 54.9 Å². The number of nitrogens with two attached hydrogens (primary N) is 1. The predicted molar refractivity (Wildman–Crippen MR) is 99.8 cm³/mol. The van der Waals surface area contributed by atoms with Crippen LogP contribution < -0.4 is 11.4 Å². The minimum atomic E-state index is -4.64. The number of aliphatic hydroxyl groups excluding tert-OH is 1. The summed E-state index contributed by atoms with van der Waals surface area (Å²) in [5.41, 5.74) is 5.88. The highest BCUT2D eigenvalue weighted by Gasteiger charge is 2.43. The molecule has 0 saturated heterocycles. The molecule has 0 bridgehead atoms. The molecule has 17 nitrogen and oxygen atoms in total. The van der Waals surface area contributed by atoms with Gasteiger partial charge in [0, 0.05) is 17.8 Å². The standard InChI is InChI=1S/C10H13N3O2.3H3O4P/c1-10(6-14)4-7(10)5-13-3-2-8(11)12-9(13)15;3*1-5(2,3)4/h2-3,5,14H,4,6H2,1H3,(H2,11,12,15);3*(H3,1,2,3,4)/b7-5-;;;/t10-;;;/m1.../s1. The predicted octanol–water partition coefficient (Wildman–Crippen LogP) is -2.72. The molecule has 0 amide bonds. The summed E-state index contributed by atoms with van der Waals surface area (Å²) in [6.45, 7) is 2.06. The van der Waals surface area contributed by atoms with E-state index in [0.29, 0.717) is 0 Å². The third-order valence-corrected chi connectivity index (χ3v) is 2.73. The van der Waals surface area contributed by atoms with Gasteiger partial charge in [-0.15, -0.1) is 0 Å². The van der Waals surface area contributed by atoms with Gasteiger partial charge in [-0.1, -0.05) is 6.92 Å². The van der Waals surface area contributed by atoms with Crippen molar-refractivity contribution in [2.75, 3.05) is 12.3 Å². The first-order valence-corrected chi connectivity index (χ1v) is 11.8. The highest BCUT2D eigenvalue weighted by molar-refractivity contribution is 7.45. The molecule has 0 aliphatic heterocycles. The second-order valence-corrected chi connectivity index (χ2v) is 8.71. The number of aromatic nitrogens is 2. The van der Waals surface area contributed by atoms with E-state index in [1.807, 2.05) is 6.92 Å². The van der Waals surface area contributed by atoms with E-state index in [1.54, 1.807) is 18.5 Å². The van der Waals surface area contributed by atoms with Crippen molar-refractivity contribution in [3.8, 4) is 0 Å². The number of hydrogen-bond donors (Lipinski definition) is 11. The molecule has 0 spiro atoms. The van der Waals surface area contributed by atoms with E-state index < -0.39 is 29.2 Å². The van der Waals surface area contributed by atoms with E-state index >= 15 is 0 Å². The molecule has 1 saturated carbocycles. The minimum absolute atomic E-state index is 0.107. The summed E-state index contributed by atoms with van der Waals surface area (Å²) in [5.74, 6) is 0.218. The molecule has 0 unspecified atom stereocenters. The van der Waals surface area contributed by atoms with Gasteiger partial charge >= 0.3 is 29.2 Å². The molecule has 0 radical (unpaired) electrons. The Morgan fingerprint density at radius 3 is 1.67 bits per heavy atom. The van der Waals surface area contributed by atoms with Gasteiger partial charge in [-0.3, -0.25) is 4.57 Å². The quantitative estimate of drug-likeness (QED) is 0.183. The summed E-state index contributed by atoms with van der Waals surface area (Å²) >= 11 is 0. The first-order valence-electron chi connectivity index (χ1n) is 7.07. The first kappa shape index (κ1) is 30.9. The monoisotopic (exact) mass is 501 g/mol. The van der Waals surface area contributed by atoms with E-state index in [2.05, 4.69) is 4.98 Å². The molecule has 2 rings (SSSR count). The Bertz CT molecular complexity index is 842. The Hall–Kier alpha value is -1.29. The van der Waals surface area contributed by atoms with Gasteiger partial charge in [0.15, 0.2) is 0 Å². The van der Waals surface area contributed by atoms with Crippen LogP contribution in [0.25, 0.3) is 6.20 Å². The van der Waals surface area contributed by atoms with Gasteiger partial charge in [0.05, 0.1) is 6.61 Å². The summed E-state index contributed by atoms with van der Waals surface area (Å²) < 4.78 is 28.0. The van der Waals surface area contributed by atoms with Gasteiger partial charge in [0.1, 0.15) is 5.82 Å². The molecule has 30 heavy (non-hydrogen) atoms. The maximum Gasteiger partial charge on any atom is 0.466 e. The fourth-order valence-corrected chi connectivity index (χ4v) is 1.43. The van der Waals surface area contributed by atoms with E-state index in [4.69, 9.17) is 68.6 Å². The van der Waals surface area contributed by atoms with Crippen LogP contribution in [0.4, 0.5) is 5.82 Å². The molecule has 1 aliphatic carbocycles. The normalized spacial score (nSPS) is 19.4. The molecule has 1 aliphatic rings. The molecule has 0 aromatic carbocycles. The molecule has 1 aromatic heterocycles. The summed E-state index contributed by atoms with van der Waals surface area (Å²) in [6.07, 6.45) is 4.11. The second kappa shape index (κ2) is 11.9. The summed E-state index contributed by atoms with van der Waals surface area (Å²) in [7, 11) is -13.9. The Labute approximate surface area is 168 Å². The van der Waals surface area contributed by atoms with Crippen molar-refractivity contribution in [3.63, 3.8) is 0 Å². The van der Waals surface area contributed by atoms with Crippen LogP contribution in [-0.4, -0.2) is 65.3 Å². The second-order valence-electron chi connectivity index (χ2n) is 5.63. The summed E-state index contributed by atoms with van der Waals surface area (Å²) in [6, 6.07) is 1.57. The topological polar surface area (TPSA) is 314 Å². The Morgan fingerprint density at radius 1 is 1.03 bits per heavy atom. The van der Waals surface area contributed by atoms with Crippen LogP contribution in [0.5, 0.6) is 0 Å². The van der Waals surface area contributed by atoms with E-state index in [9.17, 15) is 4.79 Å². The van der Waals surface area contributed by atoms with Crippen LogP contribution in [-0.2, 0) is 13.7 Å². The zero-order valence-electron chi connectivity index (χ0n) is 15.1. The lowest BCUT2D eigenvalue weighted by atomic mass is 10.1. The van der Waals surface area contributed by atoms with Gasteiger partial charge in [0.25, 0.3) is 0 Å². The Morgan fingerprint density at radius 2 is 1.40 bits per heavy atom. The number of anilines is 1. The fourth-order valence-electron chi connectivity index (χ4n) is 1.43. The van der Waals surface area contributed by atoms with Crippen LogP contribution in [0.2, 0.25) is 0 Å². The lowest BCUT2D eigenvalue weighted by molar-refractivity contribution is 0.233. The van der Waals surface area contributed by atoms with Crippen LogP contribution >= 0.6 is 23.5 Å². The number of nitrogen functional groups attached to an aromatic ring is 1.